The monoisotopic (exact) mass is 446 g/mol. The van der Waals surface area contributed by atoms with Crippen molar-refractivity contribution < 1.29 is 0 Å². The Labute approximate surface area is 115 Å². The molecule has 0 fully saturated rings. The van der Waals surface area contributed by atoms with Gasteiger partial charge in [0.2, 0.25) is 0 Å². The van der Waals surface area contributed by atoms with Crippen molar-refractivity contribution in [2.24, 2.45) is 0 Å². The first-order chi connectivity index (χ1) is 5.41. The lowest BCUT2D eigenvalue weighted by Gasteiger charge is -1.93. The number of alkyl halides is 4. The fraction of sp³-hybridized carbons (Fsp3) is 1.00. The maximum atomic E-state index is 4.09. The normalized spacial score (nSPS) is 10.5. The second kappa shape index (κ2) is 11.3. The molecule has 0 saturated heterocycles. The van der Waals surface area contributed by atoms with E-state index < -0.39 is 0 Å². The molecule has 0 radical (unpaired) electrons. The fourth-order valence-electron chi connectivity index (χ4n) is 0.539. The molecule has 0 nitrogen and oxygen atoms in total. The van der Waals surface area contributed by atoms with E-state index in [1.807, 2.05) is 0 Å². The van der Waals surface area contributed by atoms with Crippen molar-refractivity contribution in [2.75, 3.05) is 5.75 Å². The number of hydrogen-bond acceptors (Lipinski definition) is 1. The van der Waals surface area contributed by atoms with Crippen LogP contribution in [0, 0.1) is 0 Å². The van der Waals surface area contributed by atoms with E-state index in [0.717, 1.165) is 5.75 Å². The van der Waals surface area contributed by atoms with Crippen LogP contribution in [0.4, 0.5) is 0 Å². The summed E-state index contributed by atoms with van der Waals surface area (Å²) in [7, 11) is 0. The predicted molar refractivity (Wildman–Crippen MR) is 76.4 cm³/mol. The quantitative estimate of drug-likeness (QED) is 0.319. The summed E-state index contributed by atoms with van der Waals surface area (Å²) < 4.78 is -0.250. The highest BCUT2D eigenvalue weighted by atomic mass is 80.0. The smallest absolute Gasteiger partial charge is 0.179 e. The summed E-state index contributed by atoms with van der Waals surface area (Å²) in [6, 6.07) is 0. The van der Waals surface area contributed by atoms with Crippen LogP contribution in [0.15, 0.2) is 0 Å². The summed E-state index contributed by atoms with van der Waals surface area (Å²) in [5.74, 6) is 1.06. The van der Waals surface area contributed by atoms with E-state index >= 15 is 0 Å². The zero-order chi connectivity index (χ0) is 10.0. The van der Waals surface area contributed by atoms with E-state index in [9.17, 15) is 0 Å². The Kier molecular flexibility index (Phi) is 15.8. The largest absolute Gasteiger partial charge is 0.189 e. The molecule has 76 valence electrons. The topological polar surface area (TPSA) is 0 Å². The molecule has 0 rings (SSSR count). The maximum absolute atomic E-state index is 4.09. The Morgan fingerprint density at radius 3 is 1.67 bits per heavy atom. The lowest BCUT2D eigenvalue weighted by atomic mass is 10.2. The zero-order valence-corrected chi connectivity index (χ0v) is 14.2. The minimum atomic E-state index is -0.250. The molecule has 0 aliphatic heterocycles. The number of rotatable bonds is 4. The molecule has 0 amide bonds. The summed E-state index contributed by atoms with van der Waals surface area (Å²) >= 11 is 16.6. The molecule has 0 saturated carbocycles. The van der Waals surface area contributed by atoms with Gasteiger partial charge in [-0.15, -0.1) is 0 Å². The molecule has 0 aliphatic carbocycles. The van der Waals surface area contributed by atoms with Gasteiger partial charge in [0.25, 0.3) is 0 Å². The van der Waals surface area contributed by atoms with Gasteiger partial charge < -0.3 is 0 Å². The highest BCUT2D eigenvalue weighted by Crippen LogP contribution is 2.39. The minimum absolute atomic E-state index is 0.250. The maximum Gasteiger partial charge on any atom is 0.189 e. The van der Waals surface area contributed by atoms with Gasteiger partial charge in [-0.3, -0.25) is 0 Å². The molecule has 5 heteroatoms. The highest BCUT2D eigenvalue weighted by molar-refractivity contribution is 9.52. The van der Waals surface area contributed by atoms with Gasteiger partial charge in [-0.1, -0.05) is 26.2 Å². The third-order valence-corrected chi connectivity index (χ3v) is 1.33. The molecule has 0 atom stereocenters. The van der Waals surface area contributed by atoms with Crippen LogP contribution >= 0.6 is 76.3 Å². The van der Waals surface area contributed by atoms with E-state index in [1.165, 1.54) is 25.7 Å². The van der Waals surface area contributed by atoms with E-state index in [0.29, 0.717) is 0 Å². The number of unbranched alkanes of at least 4 members (excludes halogenated alkanes) is 3. The summed E-state index contributed by atoms with van der Waals surface area (Å²) in [4.78, 5) is 0. The van der Waals surface area contributed by atoms with Crippen molar-refractivity contribution >= 4 is 76.3 Å². The standard InChI is InChI=1S/C6H14S.CBr4/c1-2-3-4-5-6-7;2-1(3,4)5/h7H,2-6H2,1H3;. The van der Waals surface area contributed by atoms with Crippen LogP contribution in [-0.4, -0.2) is 6.80 Å². The lowest BCUT2D eigenvalue weighted by molar-refractivity contribution is 0.707. The van der Waals surface area contributed by atoms with Crippen LogP contribution in [0.2, 0.25) is 0 Å². The second-order valence-electron chi connectivity index (χ2n) is 2.21. The van der Waals surface area contributed by atoms with Crippen molar-refractivity contribution in [1.29, 1.82) is 0 Å². The predicted octanol–water partition coefficient (Wildman–Crippen LogP) is 5.67. The van der Waals surface area contributed by atoms with Gasteiger partial charge in [0, 0.05) is 0 Å². The summed E-state index contributed by atoms with van der Waals surface area (Å²) in [5.41, 5.74) is 0. The van der Waals surface area contributed by atoms with Crippen LogP contribution < -0.4 is 0 Å². The molecule has 0 aliphatic rings. The van der Waals surface area contributed by atoms with E-state index in [2.05, 4.69) is 83.3 Å². The van der Waals surface area contributed by atoms with Crippen LogP contribution in [-0.2, 0) is 0 Å². The lowest BCUT2D eigenvalue weighted by Crippen LogP contribution is -1.75. The van der Waals surface area contributed by atoms with E-state index in [4.69, 9.17) is 0 Å². The van der Waals surface area contributed by atoms with Crippen LogP contribution in [0.5, 0.6) is 0 Å². The van der Waals surface area contributed by atoms with Gasteiger partial charge in [-0.05, 0) is 75.9 Å². The first-order valence-electron chi connectivity index (χ1n) is 3.78. The first-order valence-corrected chi connectivity index (χ1v) is 7.58. The molecule has 0 aromatic carbocycles. The third-order valence-electron chi connectivity index (χ3n) is 1.01. The third kappa shape index (κ3) is 39.6. The molecule has 12 heavy (non-hydrogen) atoms. The van der Waals surface area contributed by atoms with Gasteiger partial charge in [0.1, 0.15) is 0 Å². The van der Waals surface area contributed by atoms with Gasteiger partial charge in [-0.25, -0.2) is 0 Å². The molecular weight excluding hydrogens is 436 g/mol. The van der Waals surface area contributed by atoms with Crippen molar-refractivity contribution in [3.63, 3.8) is 0 Å². The van der Waals surface area contributed by atoms with Crippen LogP contribution in [0.1, 0.15) is 32.6 Å². The minimum Gasteiger partial charge on any atom is -0.179 e. The summed E-state index contributed by atoms with van der Waals surface area (Å²) in [5, 5.41) is 0. The Balaban J connectivity index is 0. The Hall–Kier alpha value is 2.27. The number of halogens is 4. The SMILES string of the molecule is BrC(Br)(Br)Br.CCCCCCS. The average Bonchev–Trinajstić information content (AvgIpc) is 1.85. The van der Waals surface area contributed by atoms with Gasteiger partial charge in [0.05, 0.1) is 0 Å². The Bertz CT molecular complexity index is 72.0. The molecule has 0 N–H and O–H groups in total. The van der Waals surface area contributed by atoms with E-state index in [1.54, 1.807) is 0 Å². The van der Waals surface area contributed by atoms with Crippen molar-refractivity contribution in [2.45, 2.75) is 33.7 Å². The molecule has 0 heterocycles. The number of thiol groups is 1. The van der Waals surface area contributed by atoms with Crippen LogP contribution in [0.25, 0.3) is 0 Å². The molecule has 0 spiro atoms. The average molecular weight is 450 g/mol. The fourth-order valence-corrected chi connectivity index (χ4v) is 0.762. The van der Waals surface area contributed by atoms with Gasteiger partial charge >= 0.3 is 0 Å². The molecule has 0 aromatic rings. The molecular formula is C7H14Br4S. The summed E-state index contributed by atoms with van der Waals surface area (Å²) in [6.07, 6.45) is 5.35. The van der Waals surface area contributed by atoms with Gasteiger partial charge in [0.15, 0.2) is 1.05 Å². The van der Waals surface area contributed by atoms with Crippen molar-refractivity contribution in [1.82, 2.24) is 0 Å². The zero-order valence-electron chi connectivity index (χ0n) is 6.99. The molecule has 0 unspecified atom stereocenters. The van der Waals surface area contributed by atoms with Crippen LogP contribution in [0.3, 0.4) is 0 Å². The van der Waals surface area contributed by atoms with E-state index in [-0.39, 0.29) is 1.05 Å². The Morgan fingerprint density at radius 1 is 1.00 bits per heavy atom. The number of hydrogen-bond donors (Lipinski definition) is 1. The van der Waals surface area contributed by atoms with Gasteiger partial charge in [-0.2, -0.15) is 12.6 Å². The summed E-state index contributed by atoms with van der Waals surface area (Å²) in [6.45, 7) is 2.22. The first kappa shape index (κ1) is 16.7. The second-order valence-corrected chi connectivity index (χ2v) is 13.8. The molecule has 0 aromatic heterocycles. The molecule has 0 bridgehead atoms. The van der Waals surface area contributed by atoms with Crippen molar-refractivity contribution in [3.8, 4) is 0 Å². The highest BCUT2D eigenvalue weighted by Gasteiger charge is 2.08. The van der Waals surface area contributed by atoms with Crippen molar-refractivity contribution in [3.05, 3.63) is 0 Å². The Morgan fingerprint density at radius 2 is 1.42 bits per heavy atom.